The first-order chi connectivity index (χ1) is 17.4. The lowest BCUT2D eigenvalue weighted by Crippen LogP contribution is -2.02. The SMILES string of the molecule is Cc1cc(C)c(Cc2cc(Cc3cc(C)c(O)c(C)c3)c(C)cc2C)cc1Cc1cc(C)c(O)c(C)c1. The van der Waals surface area contributed by atoms with E-state index in [0.717, 1.165) is 41.5 Å². The molecule has 0 aromatic heterocycles. The Morgan fingerprint density at radius 2 is 0.622 bits per heavy atom. The van der Waals surface area contributed by atoms with E-state index in [1.54, 1.807) is 0 Å². The molecule has 37 heavy (non-hydrogen) atoms. The van der Waals surface area contributed by atoms with Crippen LogP contribution < -0.4 is 0 Å². The molecular weight excluding hydrogens is 452 g/mol. The Kier molecular flexibility index (Phi) is 7.50. The van der Waals surface area contributed by atoms with Crippen LogP contribution in [0.25, 0.3) is 0 Å². The van der Waals surface area contributed by atoms with Gasteiger partial charge in [-0.1, -0.05) is 48.5 Å². The molecule has 2 nitrogen and oxygen atoms in total. The Bertz CT molecular complexity index is 1330. The van der Waals surface area contributed by atoms with Crippen LogP contribution in [0.5, 0.6) is 11.5 Å². The van der Waals surface area contributed by atoms with Gasteiger partial charge in [0.15, 0.2) is 0 Å². The third-order valence-electron chi connectivity index (χ3n) is 7.86. The largest absolute Gasteiger partial charge is 0.507 e. The van der Waals surface area contributed by atoms with Crippen molar-refractivity contribution < 1.29 is 10.2 Å². The zero-order chi connectivity index (χ0) is 27.0. The average molecular weight is 493 g/mol. The summed E-state index contributed by atoms with van der Waals surface area (Å²) in [5.41, 5.74) is 16.9. The van der Waals surface area contributed by atoms with E-state index in [9.17, 15) is 10.2 Å². The van der Waals surface area contributed by atoms with E-state index < -0.39 is 0 Å². The molecule has 0 radical (unpaired) electrons. The van der Waals surface area contributed by atoms with Crippen molar-refractivity contribution in [3.8, 4) is 11.5 Å². The van der Waals surface area contributed by atoms with Crippen molar-refractivity contribution in [2.45, 2.75) is 74.7 Å². The van der Waals surface area contributed by atoms with Gasteiger partial charge in [-0.25, -0.2) is 0 Å². The topological polar surface area (TPSA) is 40.5 Å². The van der Waals surface area contributed by atoms with Crippen LogP contribution in [0, 0.1) is 55.4 Å². The lowest BCUT2D eigenvalue weighted by atomic mass is 9.88. The maximum atomic E-state index is 10.2. The van der Waals surface area contributed by atoms with Gasteiger partial charge in [-0.2, -0.15) is 0 Å². The molecule has 4 rings (SSSR count). The second-order valence-corrected chi connectivity index (χ2v) is 11.1. The molecule has 0 saturated heterocycles. The van der Waals surface area contributed by atoms with Gasteiger partial charge < -0.3 is 10.2 Å². The van der Waals surface area contributed by atoms with Gasteiger partial charge in [0.1, 0.15) is 11.5 Å². The third kappa shape index (κ3) is 5.74. The smallest absolute Gasteiger partial charge is 0.121 e. The summed E-state index contributed by atoms with van der Waals surface area (Å²) in [4.78, 5) is 0. The summed E-state index contributed by atoms with van der Waals surface area (Å²) < 4.78 is 0. The van der Waals surface area contributed by atoms with Crippen LogP contribution in [0.1, 0.15) is 77.9 Å². The molecule has 192 valence electrons. The van der Waals surface area contributed by atoms with E-state index in [1.165, 1.54) is 55.6 Å². The predicted octanol–water partition coefficient (Wildman–Crippen LogP) is 8.34. The van der Waals surface area contributed by atoms with Crippen LogP contribution in [0.2, 0.25) is 0 Å². The molecular formula is C35H40O2. The molecule has 0 aliphatic heterocycles. The second kappa shape index (κ2) is 10.5. The molecule has 4 aromatic rings. The Morgan fingerprint density at radius 3 is 0.919 bits per heavy atom. The van der Waals surface area contributed by atoms with E-state index in [4.69, 9.17) is 0 Å². The van der Waals surface area contributed by atoms with E-state index in [-0.39, 0.29) is 0 Å². The fourth-order valence-corrected chi connectivity index (χ4v) is 5.60. The number of phenols is 2. The molecule has 0 spiro atoms. The van der Waals surface area contributed by atoms with Crippen LogP contribution >= 0.6 is 0 Å². The zero-order valence-electron chi connectivity index (χ0n) is 23.6. The molecule has 0 unspecified atom stereocenters. The van der Waals surface area contributed by atoms with Crippen LogP contribution in [-0.2, 0) is 19.3 Å². The van der Waals surface area contributed by atoms with Crippen molar-refractivity contribution in [3.63, 3.8) is 0 Å². The molecule has 0 aliphatic rings. The van der Waals surface area contributed by atoms with Crippen molar-refractivity contribution in [3.05, 3.63) is 126 Å². The molecule has 0 saturated carbocycles. The summed E-state index contributed by atoms with van der Waals surface area (Å²) in [5, 5.41) is 20.4. The van der Waals surface area contributed by atoms with Gasteiger partial charge in [0.05, 0.1) is 0 Å². The van der Waals surface area contributed by atoms with Crippen molar-refractivity contribution in [1.29, 1.82) is 0 Å². The summed E-state index contributed by atoms with van der Waals surface area (Å²) in [6.45, 7) is 16.7. The van der Waals surface area contributed by atoms with Crippen molar-refractivity contribution in [2.75, 3.05) is 0 Å². The van der Waals surface area contributed by atoms with E-state index in [1.807, 2.05) is 27.7 Å². The van der Waals surface area contributed by atoms with E-state index >= 15 is 0 Å². The molecule has 0 atom stereocenters. The molecule has 2 N–H and O–H groups in total. The monoisotopic (exact) mass is 492 g/mol. The van der Waals surface area contributed by atoms with Crippen molar-refractivity contribution >= 4 is 0 Å². The first-order valence-electron chi connectivity index (χ1n) is 13.2. The lowest BCUT2D eigenvalue weighted by molar-refractivity contribution is 0.466. The molecule has 0 bridgehead atoms. The number of hydrogen-bond acceptors (Lipinski definition) is 2. The zero-order valence-corrected chi connectivity index (χ0v) is 23.6. The fourth-order valence-electron chi connectivity index (χ4n) is 5.60. The van der Waals surface area contributed by atoms with Gasteiger partial charge in [0.25, 0.3) is 0 Å². The Hall–Kier alpha value is -3.52. The summed E-state index contributed by atoms with van der Waals surface area (Å²) >= 11 is 0. The second-order valence-electron chi connectivity index (χ2n) is 11.1. The number of aromatic hydroxyl groups is 2. The molecule has 4 aromatic carbocycles. The van der Waals surface area contributed by atoms with Gasteiger partial charge in [-0.15, -0.1) is 0 Å². The number of hydrogen-bond donors (Lipinski definition) is 2. The van der Waals surface area contributed by atoms with Gasteiger partial charge >= 0.3 is 0 Å². The van der Waals surface area contributed by atoms with Crippen molar-refractivity contribution in [2.24, 2.45) is 0 Å². The summed E-state index contributed by atoms with van der Waals surface area (Å²) in [6.07, 6.45) is 2.62. The molecule has 2 heteroatoms. The average Bonchev–Trinajstić information content (AvgIpc) is 2.81. The van der Waals surface area contributed by atoms with Crippen LogP contribution in [0.4, 0.5) is 0 Å². The number of phenolic OH excluding ortho intramolecular Hbond substituents is 2. The summed E-state index contributed by atoms with van der Waals surface area (Å²) in [7, 11) is 0. The van der Waals surface area contributed by atoms with Gasteiger partial charge in [0, 0.05) is 0 Å². The predicted molar refractivity (Wildman–Crippen MR) is 155 cm³/mol. The Balaban J connectivity index is 1.65. The Morgan fingerprint density at radius 1 is 0.351 bits per heavy atom. The number of aryl methyl sites for hydroxylation is 8. The highest BCUT2D eigenvalue weighted by atomic mass is 16.3. The highest BCUT2D eigenvalue weighted by Gasteiger charge is 2.13. The van der Waals surface area contributed by atoms with Crippen LogP contribution in [0.3, 0.4) is 0 Å². The van der Waals surface area contributed by atoms with E-state index in [0.29, 0.717) is 11.5 Å². The molecule has 0 heterocycles. The van der Waals surface area contributed by atoms with Crippen LogP contribution in [-0.4, -0.2) is 10.2 Å². The normalized spacial score (nSPS) is 11.2. The molecule has 0 fully saturated rings. The molecule has 0 amide bonds. The maximum absolute atomic E-state index is 10.2. The maximum Gasteiger partial charge on any atom is 0.121 e. The minimum absolute atomic E-state index is 0.397. The number of rotatable bonds is 6. The van der Waals surface area contributed by atoms with Crippen LogP contribution in [0.15, 0.2) is 48.5 Å². The lowest BCUT2D eigenvalue weighted by Gasteiger charge is -2.17. The van der Waals surface area contributed by atoms with Gasteiger partial charge in [-0.3, -0.25) is 0 Å². The fraction of sp³-hybridized carbons (Fsp3) is 0.314. The Labute approximate surface area is 222 Å². The summed E-state index contributed by atoms with van der Waals surface area (Å²) in [6, 6.07) is 17.8. The van der Waals surface area contributed by atoms with E-state index in [2.05, 4.69) is 76.2 Å². The standard InChI is InChI=1S/C35H40O2/c1-20-9-22(3)32(17-30(20)15-28-11-24(5)34(36)25(6)12-28)19-33-18-31(21(2)10-23(33)4)16-29-13-26(7)35(37)27(8)14-29/h9-14,17-18,36-37H,15-16,19H2,1-8H3. The highest BCUT2D eigenvalue weighted by molar-refractivity contribution is 5.49. The third-order valence-corrected chi connectivity index (χ3v) is 7.86. The quantitative estimate of drug-likeness (QED) is 0.284. The van der Waals surface area contributed by atoms with Crippen molar-refractivity contribution in [1.82, 2.24) is 0 Å². The van der Waals surface area contributed by atoms with Gasteiger partial charge in [-0.05, 0) is 153 Å². The minimum Gasteiger partial charge on any atom is -0.507 e. The first kappa shape index (κ1) is 26.5. The first-order valence-corrected chi connectivity index (χ1v) is 13.2. The minimum atomic E-state index is 0.397. The molecule has 0 aliphatic carbocycles. The number of benzene rings is 4. The highest BCUT2D eigenvalue weighted by Crippen LogP contribution is 2.29. The summed E-state index contributed by atoms with van der Waals surface area (Å²) in [5.74, 6) is 0.793. The van der Waals surface area contributed by atoms with Gasteiger partial charge in [0.2, 0.25) is 0 Å².